The Morgan fingerprint density at radius 3 is 1.17 bits per heavy atom. The van der Waals surface area contributed by atoms with E-state index in [1.807, 2.05) is 0 Å². The fourth-order valence-electron chi connectivity index (χ4n) is 0.684. The normalized spacial score (nSPS) is 7.83. The molecule has 0 aromatic heterocycles. The molecule has 0 saturated carbocycles. The molecule has 9 N–H and O–H groups in total. The monoisotopic (exact) mass is 301 g/mol. The van der Waals surface area contributed by atoms with Gasteiger partial charge in [0.2, 0.25) is 0 Å². The average Bonchev–Trinajstić information content (AvgIpc) is 1.82. The predicted octanol–water partition coefficient (Wildman–Crippen LogP) is -8.93. The third-order valence-corrected chi connectivity index (χ3v) is 1.25. The van der Waals surface area contributed by atoms with Gasteiger partial charge in [0.05, 0.1) is 5.97 Å². The molecular weight excluding hydrogens is 288 g/mol. The predicted molar refractivity (Wildman–Crippen MR) is 49.4 cm³/mol. The van der Waals surface area contributed by atoms with Crippen LogP contribution in [0.15, 0.2) is 0 Å². The molecule has 0 radical (unpaired) electrons. The molecule has 0 amide bonds. The van der Waals surface area contributed by atoms with E-state index in [9.17, 15) is 29.7 Å². The van der Waals surface area contributed by atoms with E-state index in [2.05, 4.69) is 0 Å². The van der Waals surface area contributed by atoms with Gasteiger partial charge < -0.3 is 56.7 Å². The SMILES string of the molecule is O.O.O.O.O=C([O-])CC(O)(CC(=O)[O-])C(=O)[O-].[Ca+2]. The molecule has 11 nitrogen and oxygen atoms in total. The zero-order valence-electron chi connectivity index (χ0n) is 9.02. The molecule has 0 spiro atoms. The molecule has 12 heteroatoms. The van der Waals surface area contributed by atoms with Gasteiger partial charge in [-0.2, -0.15) is 0 Å². The Kier molecular flexibility index (Phi) is 29.1. The number of aliphatic carboxylic acids is 3. The smallest absolute Gasteiger partial charge is 0.550 e. The number of carboxylic acid groups (broad SMARTS) is 3. The van der Waals surface area contributed by atoms with Gasteiger partial charge in [-0.15, -0.1) is 0 Å². The summed E-state index contributed by atoms with van der Waals surface area (Å²) in [7, 11) is 0. The van der Waals surface area contributed by atoms with Crippen molar-refractivity contribution < 1.29 is 56.7 Å². The minimum Gasteiger partial charge on any atom is -0.550 e. The molecule has 106 valence electrons. The van der Waals surface area contributed by atoms with Crippen molar-refractivity contribution in [3.05, 3.63) is 0 Å². The van der Waals surface area contributed by atoms with E-state index in [1.165, 1.54) is 0 Å². The van der Waals surface area contributed by atoms with Crippen molar-refractivity contribution >= 4 is 55.6 Å². The van der Waals surface area contributed by atoms with E-state index >= 15 is 0 Å². The van der Waals surface area contributed by atoms with Crippen molar-refractivity contribution in [3.8, 4) is 0 Å². The van der Waals surface area contributed by atoms with Gasteiger partial charge in [-0.25, -0.2) is 0 Å². The number of aliphatic hydroxyl groups is 1. The Morgan fingerprint density at radius 2 is 1.06 bits per heavy atom. The van der Waals surface area contributed by atoms with Crippen LogP contribution in [0.4, 0.5) is 0 Å². The van der Waals surface area contributed by atoms with Crippen LogP contribution in [-0.4, -0.2) is 88.3 Å². The van der Waals surface area contributed by atoms with Crippen LogP contribution in [0.1, 0.15) is 12.8 Å². The molecule has 0 aromatic carbocycles. The van der Waals surface area contributed by atoms with Gasteiger partial charge in [-0.3, -0.25) is 0 Å². The summed E-state index contributed by atoms with van der Waals surface area (Å²) >= 11 is 0. The number of carbonyl (C=O) groups excluding carboxylic acids is 3. The summed E-state index contributed by atoms with van der Waals surface area (Å²) < 4.78 is 0. The van der Waals surface area contributed by atoms with E-state index in [0.29, 0.717) is 0 Å². The molecular formula is C6H13CaO11-. The first-order chi connectivity index (χ1) is 5.78. The molecule has 0 unspecified atom stereocenters. The Hall–Kier alpha value is -0.530. The van der Waals surface area contributed by atoms with Crippen LogP contribution < -0.4 is 15.3 Å². The van der Waals surface area contributed by atoms with E-state index < -0.39 is 36.4 Å². The van der Waals surface area contributed by atoms with Crippen molar-refractivity contribution in [1.82, 2.24) is 0 Å². The summed E-state index contributed by atoms with van der Waals surface area (Å²) in [4.78, 5) is 30.0. The molecule has 0 aliphatic rings. The average molecular weight is 301 g/mol. The molecule has 0 rings (SSSR count). The molecule has 18 heavy (non-hydrogen) atoms. The van der Waals surface area contributed by atoms with Crippen molar-refractivity contribution in [2.75, 3.05) is 0 Å². The fraction of sp³-hybridized carbons (Fsp3) is 0.500. The van der Waals surface area contributed by atoms with Crippen molar-refractivity contribution in [3.63, 3.8) is 0 Å². The number of carbonyl (C=O) groups is 3. The van der Waals surface area contributed by atoms with E-state index in [-0.39, 0.29) is 59.6 Å². The quantitative estimate of drug-likeness (QED) is 0.478. The minimum absolute atomic E-state index is 0. The number of hydrogen-bond donors (Lipinski definition) is 1. The second kappa shape index (κ2) is 14.5. The van der Waals surface area contributed by atoms with Crippen LogP contribution in [0.5, 0.6) is 0 Å². The molecule has 0 saturated heterocycles. The number of rotatable bonds is 5. The zero-order valence-corrected chi connectivity index (χ0v) is 11.2. The van der Waals surface area contributed by atoms with Crippen LogP contribution in [0.2, 0.25) is 0 Å². The Labute approximate surface area is 130 Å². The molecule has 0 heterocycles. The summed E-state index contributed by atoms with van der Waals surface area (Å²) in [5, 5.41) is 38.9. The minimum atomic E-state index is -2.97. The Balaban J connectivity index is -0.0000000720. The third kappa shape index (κ3) is 13.5. The van der Waals surface area contributed by atoms with Crippen LogP contribution >= 0.6 is 0 Å². The Morgan fingerprint density at radius 1 is 0.833 bits per heavy atom. The van der Waals surface area contributed by atoms with Crippen LogP contribution in [0.3, 0.4) is 0 Å². The summed E-state index contributed by atoms with van der Waals surface area (Å²) in [5.41, 5.74) is -2.97. The van der Waals surface area contributed by atoms with Crippen molar-refractivity contribution in [2.24, 2.45) is 0 Å². The maximum Gasteiger partial charge on any atom is 2.00 e. The molecule has 0 aliphatic carbocycles. The van der Waals surface area contributed by atoms with Gasteiger partial charge in [0.1, 0.15) is 5.60 Å². The standard InChI is InChI=1S/C6H8O7.Ca.4H2O/c7-3(8)1-6(13,5(11)12)2-4(9)10;;;;;/h13H,1-2H2,(H,7,8)(H,9,10)(H,11,12);;4*1H2/q;+2;;;;/p-3. The van der Waals surface area contributed by atoms with Crippen LogP contribution in [0, 0.1) is 0 Å². The molecule has 0 aliphatic heterocycles. The summed E-state index contributed by atoms with van der Waals surface area (Å²) in [6.07, 6.45) is -2.72. The largest absolute Gasteiger partial charge is 2.00 e. The first-order valence-electron chi connectivity index (χ1n) is 3.11. The summed E-state index contributed by atoms with van der Waals surface area (Å²) in [6.45, 7) is 0. The first-order valence-corrected chi connectivity index (χ1v) is 3.11. The molecule has 0 atom stereocenters. The van der Waals surface area contributed by atoms with Gasteiger partial charge in [-0.1, -0.05) is 0 Å². The second-order valence-electron chi connectivity index (χ2n) is 2.42. The maximum atomic E-state index is 10.1. The van der Waals surface area contributed by atoms with E-state index in [4.69, 9.17) is 5.11 Å². The van der Waals surface area contributed by atoms with Crippen molar-refractivity contribution in [2.45, 2.75) is 18.4 Å². The van der Waals surface area contributed by atoms with Crippen molar-refractivity contribution in [1.29, 1.82) is 0 Å². The summed E-state index contributed by atoms with van der Waals surface area (Å²) in [6, 6.07) is 0. The van der Waals surface area contributed by atoms with Crippen LogP contribution in [-0.2, 0) is 14.4 Å². The molecule has 0 aromatic rings. The zero-order chi connectivity index (χ0) is 10.6. The third-order valence-electron chi connectivity index (χ3n) is 1.25. The molecule has 0 bridgehead atoms. The fourth-order valence-corrected chi connectivity index (χ4v) is 0.684. The first kappa shape index (κ1) is 36.0. The van der Waals surface area contributed by atoms with Gasteiger partial charge in [-0.05, 0) is 0 Å². The van der Waals surface area contributed by atoms with Gasteiger partial charge in [0, 0.05) is 24.8 Å². The number of hydrogen-bond acceptors (Lipinski definition) is 7. The van der Waals surface area contributed by atoms with Crippen LogP contribution in [0.25, 0.3) is 0 Å². The second-order valence-corrected chi connectivity index (χ2v) is 2.42. The topological polar surface area (TPSA) is 267 Å². The number of carboxylic acids is 3. The van der Waals surface area contributed by atoms with Gasteiger partial charge >= 0.3 is 37.7 Å². The molecule has 0 fully saturated rings. The van der Waals surface area contributed by atoms with Gasteiger partial charge in [0.15, 0.2) is 0 Å². The van der Waals surface area contributed by atoms with Gasteiger partial charge in [0.25, 0.3) is 0 Å². The summed E-state index contributed by atoms with van der Waals surface area (Å²) in [5.74, 6) is -5.98. The van der Waals surface area contributed by atoms with E-state index in [0.717, 1.165) is 0 Å². The maximum absolute atomic E-state index is 10.1. The van der Waals surface area contributed by atoms with E-state index in [1.54, 1.807) is 0 Å². The Bertz CT molecular complexity index is 236.